The number of ether oxygens (including phenoxy) is 2. The molecule has 0 spiro atoms. The number of esters is 1. The Kier molecular flexibility index (Phi) is 8.09. The van der Waals surface area contributed by atoms with Crippen LogP contribution in [0.5, 0.6) is 5.75 Å². The topological polar surface area (TPSA) is 52.6 Å². The van der Waals surface area contributed by atoms with Crippen molar-refractivity contribution in [1.29, 1.82) is 0 Å². The molecule has 0 unspecified atom stereocenters. The maximum absolute atomic E-state index is 12.3. The smallest absolute Gasteiger partial charge is 0.348 e. The van der Waals surface area contributed by atoms with E-state index in [-0.39, 0.29) is 29.7 Å². The molecule has 0 amide bonds. The monoisotopic (exact) mass is 444 g/mol. The highest BCUT2D eigenvalue weighted by Crippen LogP contribution is 2.44. The first-order valence-corrected chi connectivity index (χ1v) is 11.8. The number of hydrogen-bond donors (Lipinski definition) is 0. The molecule has 0 radical (unpaired) electrons. The minimum atomic E-state index is -0.423. The molecule has 0 atom stereocenters. The van der Waals surface area contributed by atoms with Crippen LogP contribution in [0.3, 0.4) is 0 Å². The van der Waals surface area contributed by atoms with E-state index in [2.05, 4.69) is 39.8 Å². The fourth-order valence-corrected chi connectivity index (χ4v) is 5.02. The summed E-state index contributed by atoms with van der Waals surface area (Å²) in [6.45, 7) is 14.4. The number of methoxy groups -OCH3 is 1. The quantitative estimate of drug-likeness (QED) is 0.401. The second-order valence-electron chi connectivity index (χ2n) is 9.31. The van der Waals surface area contributed by atoms with Gasteiger partial charge in [0, 0.05) is 15.7 Å². The van der Waals surface area contributed by atoms with Gasteiger partial charge in [0.2, 0.25) is 0 Å². The molecule has 1 aromatic carbocycles. The van der Waals surface area contributed by atoms with Crippen LogP contribution in [0.4, 0.5) is 0 Å². The molecule has 170 valence electrons. The number of hydrogen-bond acceptors (Lipinski definition) is 5. The Morgan fingerprint density at radius 3 is 2.19 bits per heavy atom. The molecule has 0 bridgehead atoms. The molecule has 1 heterocycles. The van der Waals surface area contributed by atoms with Crippen molar-refractivity contribution in [2.45, 2.75) is 72.6 Å². The zero-order valence-electron chi connectivity index (χ0n) is 20.1. The van der Waals surface area contributed by atoms with E-state index in [0.717, 1.165) is 29.0 Å². The van der Waals surface area contributed by atoms with Crippen LogP contribution >= 0.6 is 11.3 Å². The zero-order valence-corrected chi connectivity index (χ0v) is 20.9. The first-order valence-electron chi connectivity index (χ1n) is 11.0. The minimum Gasteiger partial charge on any atom is -0.486 e. The van der Waals surface area contributed by atoms with Crippen molar-refractivity contribution in [1.82, 2.24) is 0 Å². The third-order valence-corrected chi connectivity index (χ3v) is 7.32. The molecule has 0 aliphatic rings. The van der Waals surface area contributed by atoms with E-state index in [1.807, 2.05) is 39.0 Å². The van der Waals surface area contributed by atoms with Gasteiger partial charge in [-0.15, -0.1) is 11.3 Å². The molecule has 0 aliphatic heterocycles. The maximum atomic E-state index is 12.3. The highest BCUT2D eigenvalue weighted by molar-refractivity contribution is 7.14. The van der Waals surface area contributed by atoms with E-state index >= 15 is 0 Å². The molecule has 2 rings (SSSR count). The summed E-state index contributed by atoms with van der Waals surface area (Å²) in [6.07, 6.45) is 1.82. The molecule has 0 aliphatic carbocycles. The second kappa shape index (κ2) is 9.99. The number of benzene rings is 1. The van der Waals surface area contributed by atoms with E-state index in [1.165, 1.54) is 24.0 Å². The third-order valence-electron chi connectivity index (χ3n) is 6.05. The van der Waals surface area contributed by atoms with Crippen molar-refractivity contribution < 1.29 is 19.1 Å². The molecule has 4 nitrogen and oxygen atoms in total. The fourth-order valence-electron chi connectivity index (χ4n) is 3.74. The Morgan fingerprint density at radius 2 is 1.68 bits per heavy atom. The first kappa shape index (κ1) is 25.1. The van der Waals surface area contributed by atoms with Gasteiger partial charge in [-0.1, -0.05) is 60.6 Å². The molecule has 0 saturated carbocycles. The van der Waals surface area contributed by atoms with E-state index in [4.69, 9.17) is 9.47 Å². The lowest BCUT2D eigenvalue weighted by molar-refractivity contribution is -0.128. The SMILES string of the molecule is CCC(CC)(c1ccc(OCC(=O)C(C)(C)C)c(C(C)C)c1)c1ccc(C(=O)OC)s1. The molecular weight excluding hydrogens is 408 g/mol. The molecule has 0 saturated heterocycles. The van der Waals surface area contributed by atoms with E-state index in [9.17, 15) is 9.59 Å². The molecule has 2 aromatic rings. The summed E-state index contributed by atoms with van der Waals surface area (Å²) in [5.74, 6) is 0.795. The maximum Gasteiger partial charge on any atom is 0.348 e. The van der Waals surface area contributed by atoms with Crippen LogP contribution in [0.25, 0.3) is 0 Å². The van der Waals surface area contributed by atoms with Gasteiger partial charge in [0.1, 0.15) is 17.2 Å². The molecule has 0 N–H and O–H groups in total. The second-order valence-corrected chi connectivity index (χ2v) is 10.4. The Bertz CT molecular complexity index is 914. The number of carbonyl (C=O) groups is 2. The molecule has 5 heteroatoms. The first-order chi connectivity index (χ1) is 14.5. The molecule has 1 aromatic heterocycles. The van der Waals surface area contributed by atoms with Gasteiger partial charge in [0.05, 0.1) is 7.11 Å². The highest BCUT2D eigenvalue weighted by Gasteiger charge is 2.34. The van der Waals surface area contributed by atoms with Crippen LogP contribution in [-0.2, 0) is 14.9 Å². The number of rotatable bonds is 9. The number of carbonyl (C=O) groups excluding carboxylic acids is 2. The van der Waals surface area contributed by atoms with Crippen molar-refractivity contribution in [2.75, 3.05) is 13.7 Å². The summed E-state index contributed by atoms with van der Waals surface area (Å²) in [6, 6.07) is 10.2. The van der Waals surface area contributed by atoms with E-state index in [0.29, 0.717) is 4.88 Å². The Hall–Kier alpha value is -2.14. The van der Waals surface area contributed by atoms with Gasteiger partial charge < -0.3 is 9.47 Å². The normalized spacial score (nSPS) is 12.2. The van der Waals surface area contributed by atoms with Crippen molar-refractivity contribution >= 4 is 23.1 Å². The van der Waals surface area contributed by atoms with Crippen LogP contribution in [-0.4, -0.2) is 25.5 Å². The number of thiophene rings is 1. The molecule has 31 heavy (non-hydrogen) atoms. The Morgan fingerprint density at radius 1 is 1.03 bits per heavy atom. The van der Waals surface area contributed by atoms with Gasteiger partial charge in [-0.3, -0.25) is 4.79 Å². The summed E-state index contributed by atoms with van der Waals surface area (Å²) in [5, 5.41) is 0. The minimum absolute atomic E-state index is 0.0721. The lowest BCUT2D eigenvalue weighted by Crippen LogP contribution is -2.27. The van der Waals surface area contributed by atoms with Gasteiger partial charge in [-0.2, -0.15) is 0 Å². The van der Waals surface area contributed by atoms with Crippen LogP contribution in [0.1, 0.15) is 92.9 Å². The summed E-state index contributed by atoms with van der Waals surface area (Å²) >= 11 is 1.50. The third kappa shape index (κ3) is 5.38. The van der Waals surface area contributed by atoms with Gasteiger partial charge in [0.25, 0.3) is 0 Å². The van der Waals surface area contributed by atoms with Crippen LogP contribution < -0.4 is 4.74 Å². The summed E-state index contributed by atoms with van der Waals surface area (Å²) in [7, 11) is 1.41. The molecule has 0 fully saturated rings. The summed E-state index contributed by atoms with van der Waals surface area (Å²) in [5.41, 5.74) is 1.68. The van der Waals surface area contributed by atoms with E-state index < -0.39 is 5.41 Å². The summed E-state index contributed by atoms with van der Waals surface area (Å²) < 4.78 is 10.9. The van der Waals surface area contributed by atoms with Crippen molar-refractivity contribution in [3.8, 4) is 5.75 Å². The molecular formula is C26H36O4S. The van der Waals surface area contributed by atoms with Crippen molar-refractivity contribution in [3.05, 3.63) is 51.2 Å². The van der Waals surface area contributed by atoms with Gasteiger partial charge in [-0.05, 0) is 48.1 Å². The predicted octanol–water partition coefficient (Wildman–Crippen LogP) is 6.76. The fraction of sp³-hybridized carbons (Fsp3) is 0.538. The number of Topliss-reactive ketones (excluding diaryl/α,β-unsaturated/α-hetero) is 1. The zero-order chi connectivity index (χ0) is 23.4. The standard InChI is InChI=1S/C26H36O4S/c1-9-26(10-2,23-14-13-21(31-23)24(28)29-8)18-11-12-20(19(15-18)17(3)4)30-16-22(27)25(5,6)7/h11-15,17H,9-10,16H2,1-8H3. The number of ketones is 1. The average molecular weight is 445 g/mol. The highest BCUT2D eigenvalue weighted by atomic mass is 32.1. The van der Waals surface area contributed by atoms with Crippen LogP contribution in [0.15, 0.2) is 30.3 Å². The van der Waals surface area contributed by atoms with Gasteiger partial charge in [-0.25, -0.2) is 4.79 Å². The van der Waals surface area contributed by atoms with Gasteiger partial charge in [0.15, 0.2) is 5.78 Å². The Labute approximate surface area is 191 Å². The van der Waals surface area contributed by atoms with E-state index in [1.54, 1.807) is 0 Å². The Balaban J connectivity index is 2.47. The predicted molar refractivity (Wildman–Crippen MR) is 128 cm³/mol. The van der Waals surface area contributed by atoms with Gasteiger partial charge >= 0.3 is 5.97 Å². The van der Waals surface area contributed by atoms with Crippen molar-refractivity contribution in [3.63, 3.8) is 0 Å². The largest absolute Gasteiger partial charge is 0.486 e. The lowest BCUT2D eigenvalue weighted by Gasteiger charge is -2.32. The van der Waals surface area contributed by atoms with Crippen LogP contribution in [0.2, 0.25) is 0 Å². The van der Waals surface area contributed by atoms with Crippen LogP contribution in [0, 0.1) is 5.41 Å². The lowest BCUT2D eigenvalue weighted by atomic mass is 9.73. The summed E-state index contributed by atoms with van der Waals surface area (Å²) in [4.78, 5) is 26.1. The average Bonchev–Trinajstić information content (AvgIpc) is 3.23. The van der Waals surface area contributed by atoms with Crippen molar-refractivity contribution in [2.24, 2.45) is 5.41 Å².